The molecule has 1 unspecified atom stereocenters. The fraction of sp³-hybridized carbons (Fsp3) is 0.500. The van der Waals surface area contributed by atoms with Crippen LogP contribution in [-0.4, -0.2) is 36.6 Å². The van der Waals surface area contributed by atoms with E-state index < -0.39 is 15.6 Å². The molecule has 1 aromatic heterocycles. The second kappa shape index (κ2) is 6.23. The van der Waals surface area contributed by atoms with Gasteiger partial charge in [-0.3, -0.25) is 0 Å². The van der Waals surface area contributed by atoms with Gasteiger partial charge in [-0.2, -0.15) is 4.31 Å². The van der Waals surface area contributed by atoms with Crippen molar-refractivity contribution in [2.45, 2.75) is 51.2 Å². The molecule has 0 saturated carbocycles. The number of sulfonamides is 1. The summed E-state index contributed by atoms with van der Waals surface area (Å²) in [6.45, 7) is 9.59. The predicted molar refractivity (Wildman–Crippen MR) is 93.8 cm³/mol. The van der Waals surface area contributed by atoms with Gasteiger partial charge in [-0.15, -0.1) is 0 Å². The quantitative estimate of drug-likeness (QED) is 0.836. The molecule has 0 radical (unpaired) electrons. The largest absolute Gasteiger partial charge is 0.370 e. The van der Waals surface area contributed by atoms with Crippen LogP contribution in [0.3, 0.4) is 0 Å². The summed E-state index contributed by atoms with van der Waals surface area (Å²) in [6, 6.07) is 7.98. The Morgan fingerprint density at radius 1 is 1.16 bits per heavy atom. The number of morpholine rings is 1. The summed E-state index contributed by atoms with van der Waals surface area (Å²) in [7, 11) is -3.74. The number of rotatable bonds is 3. The van der Waals surface area contributed by atoms with Crippen LogP contribution < -0.4 is 0 Å². The van der Waals surface area contributed by atoms with Crippen LogP contribution in [-0.2, 0) is 14.8 Å². The minimum absolute atomic E-state index is 0.158. The molecule has 1 aliphatic heterocycles. The van der Waals surface area contributed by atoms with Gasteiger partial charge in [0, 0.05) is 6.54 Å². The van der Waals surface area contributed by atoms with Gasteiger partial charge in [0.2, 0.25) is 10.0 Å². The molecule has 7 heteroatoms. The van der Waals surface area contributed by atoms with Crippen molar-refractivity contribution in [1.82, 2.24) is 9.46 Å². The summed E-state index contributed by atoms with van der Waals surface area (Å²) in [5.41, 5.74) is 1.85. The maximum atomic E-state index is 13.3. The summed E-state index contributed by atoms with van der Waals surface area (Å²) in [5.74, 6) is 0.312. The third kappa shape index (κ3) is 3.23. The highest BCUT2D eigenvalue weighted by Crippen LogP contribution is 2.36. The van der Waals surface area contributed by atoms with E-state index in [-0.39, 0.29) is 17.5 Å². The van der Waals surface area contributed by atoms with Gasteiger partial charge in [-0.25, -0.2) is 8.42 Å². The van der Waals surface area contributed by atoms with Gasteiger partial charge in [0.1, 0.15) is 10.6 Å². The molecule has 0 N–H and O–H groups in total. The lowest BCUT2D eigenvalue weighted by molar-refractivity contribution is -0.0655. The zero-order valence-electron chi connectivity index (χ0n) is 15.2. The molecular weight excluding hydrogens is 340 g/mol. The minimum Gasteiger partial charge on any atom is -0.370 e. The van der Waals surface area contributed by atoms with Gasteiger partial charge in [-0.1, -0.05) is 35.0 Å². The lowest BCUT2D eigenvalue weighted by atomic mass is 10.0. The summed E-state index contributed by atoms with van der Waals surface area (Å²) in [6.07, 6.45) is -0.302. The Hall–Kier alpha value is -1.70. The fourth-order valence-corrected chi connectivity index (χ4v) is 5.25. The zero-order valence-corrected chi connectivity index (χ0v) is 16.1. The molecule has 0 bridgehead atoms. The van der Waals surface area contributed by atoms with Crippen molar-refractivity contribution in [2.24, 2.45) is 0 Å². The van der Waals surface area contributed by atoms with E-state index in [1.54, 1.807) is 13.8 Å². The van der Waals surface area contributed by atoms with E-state index in [9.17, 15) is 8.42 Å². The molecule has 1 aromatic carbocycles. The Morgan fingerprint density at radius 3 is 2.36 bits per heavy atom. The number of hydrogen-bond donors (Lipinski definition) is 0. The highest BCUT2D eigenvalue weighted by atomic mass is 32.2. The Labute approximate surface area is 148 Å². The van der Waals surface area contributed by atoms with E-state index in [1.165, 1.54) is 4.31 Å². The first-order chi connectivity index (χ1) is 11.6. The van der Waals surface area contributed by atoms with Crippen molar-refractivity contribution in [3.05, 3.63) is 46.8 Å². The maximum absolute atomic E-state index is 13.3. The van der Waals surface area contributed by atoms with Gasteiger partial charge in [0.15, 0.2) is 5.76 Å². The fourth-order valence-electron chi connectivity index (χ4n) is 3.19. The van der Waals surface area contributed by atoms with Crippen LogP contribution in [0.5, 0.6) is 0 Å². The standard InChI is InChI=1S/C18H24N2O4S/c1-12-6-8-15(9-7-12)16-10-20(18(4,5)11-23-16)25(21,22)17-13(2)19-24-14(17)3/h6-9,16H,10-11H2,1-5H3. The van der Waals surface area contributed by atoms with Crippen LogP contribution in [0.25, 0.3) is 0 Å². The van der Waals surface area contributed by atoms with E-state index in [1.807, 2.05) is 45.0 Å². The van der Waals surface area contributed by atoms with Crippen LogP contribution in [0.15, 0.2) is 33.7 Å². The number of nitrogens with zero attached hydrogens (tertiary/aromatic N) is 2. The van der Waals surface area contributed by atoms with E-state index in [0.29, 0.717) is 18.1 Å². The number of hydrogen-bond acceptors (Lipinski definition) is 5. The zero-order chi connectivity index (χ0) is 18.4. The molecular formula is C18H24N2O4S. The van der Waals surface area contributed by atoms with Crippen molar-refractivity contribution in [3.8, 4) is 0 Å². The van der Waals surface area contributed by atoms with Crippen molar-refractivity contribution >= 4 is 10.0 Å². The van der Waals surface area contributed by atoms with Gasteiger partial charge >= 0.3 is 0 Å². The summed E-state index contributed by atoms with van der Waals surface area (Å²) in [4.78, 5) is 0.158. The van der Waals surface area contributed by atoms with Gasteiger partial charge in [0.05, 0.1) is 18.2 Å². The molecule has 2 aromatic rings. The van der Waals surface area contributed by atoms with E-state index in [4.69, 9.17) is 9.26 Å². The molecule has 136 valence electrons. The summed E-state index contributed by atoms with van der Waals surface area (Å²) in [5, 5.41) is 3.80. The Bertz CT molecular complexity index is 849. The summed E-state index contributed by atoms with van der Waals surface area (Å²) >= 11 is 0. The Kier molecular flexibility index (Phi) is 4.51. The first-order valence-electron chi connectivity index (χ1n) is 8.27. The van der Waals surface area contributed by atoms with Crippen LogP contribution in [0, 0.1) is 20.8 Å². The first-order valence-corrected chi connectivity index (χ1v) is 9.71. The molecule has 1 fully saturated rings. The smallest absolute Gasteiger partial charge is 0.249 e. The van der Waals surface area contributed by atoms with Crippen molar-refractivity contribution in [3.63, 3.8) is 0 Å². The maximum Gasteiger partial charge on any atom is 0.249 e. The average molecular weight is 364 g/mol. The van der Waals surface area contributed by atoms with E-state index >= 15 is 0 Å². The molecule has 25 heavy (non-hydrogen) atoms. The van der Waals surface area contributed by atoms with Crippen LogP contribution in [0.4, 0.5) is 0 Å². The molecule has 2 heterocycles. The number of ether oxygens (including phenoxy) is 1. The Balaban J connectivity index is 1.99. The SMILES string of the molecule is Cc1ccc(C2CN(S(=O)(=O)c3c(C)noc3C)C(C)(C)CO2)cc1. The minimum atomic E-state index is -3.74. The first kappa shape index (κ1) is 18.1. The topological polar surface area (TPSA) is 72.6 Å². The van der Waals surface area contributed by atoms with Crippen LogP contribution >= 0.6 is 0 Å². The molecule has 1 saturated heterocycles. The third-order valence-corrected chi connectivity index (χ3v) is 6.93. The lowest BCUT2D eigenvalue weighted by Gasteiger charge is -2.44. The molecule has 0 amide bonds. The lowest BCUT2D eigenvalue weighted by Crippen LogP contribution is -2.56. The normalized spacial score (nSPS) is 21.4. The number of benzene rings is 1. The van der Waals surface area contributed by atoms with E-state index in [2.05, 4.69) is 5.16 Å². The molecule has 1 atom stereocenters. The van der Waals surface area contributed by atoms with Crippen molar-refractivity contribution in [1.29, 1.82) is 0 Å². The molecule has 0 aliphatic carbocycles. The van der Waals surface area contributed by atoms with Crippen LogP contribution in [0.2, 0.25) is 0 Å². The number of aryl methyl sites for hydroxylation is 3. The highest BCUT2D eigenvalue weighted by molar-refractivity contribution is 7.89. The molecule has 3 rings (SSSR count). The average Bonchev–Trinajstić information content (AvgIpc) is 2.87. The third-order valence-electron chi connectivity index (χ3n) is 4.61. The van der Waals surface area contributed by atoms with Crippen LogP contribution in [0.1, 0.15) is 42.5 Å². The van der Waals surface area contributed by atoms with Gasteiger partial charge in [0.25, 0.3) is 0 Å². The van der Waals surface area contributed by atoms with Gasteiger partial charge < -0.3 is 9.26 Å². The summed E-state index contributed by atoms with van der Waals surface area (Å²) < 4.78 is 39.2. The predicted octanol–water partition coefficient (Wildman–Crippen LogP) is 3.14. The monoisotopic (exact) mass is 364 g/mol. The second-order valence-corrected chi connectivity index (χ2v) is 9.01. The highest BCUT2D eigenvalue weighted by Gasteiger charge is 2.45. The molecule has 6 nitrogen and oxygen atoms in total. The number of aromatic nitrogens is 1. The second-order valence-electron chi connectivity index (χ2n) is 7.21. The molecule has 1 aliphatic rings. The van der Waals surface area contributed by atoms with Gasteiger partial charge in [-0.05, 0) is 40.2 Å². The van der Waals surface area contributed by atoms with E-state index in [0.717, 1.165) is 11.1 Å². The van der Waals surface area contributed by atoms with Crippen molar-refractivity contribution in [2.75, 3.05) is 13.2 Å². The van der Waals surface area contributed by atoms with Crippen molar-refractivity contribution < 1.29 is 17.7 Å². The molecule has 0 spiro atoms. The Morgan fingerprint density at radius 2 is 1.80 bits per heavy atom.